The highest BCUT2D eigenvalue weighted by atomic mass is 32.2. The number of aromatic nitrogens is 5. The van der Waals surface area contributed by atoms with Crippen LogP contribution in [0.25, 0.3) is 11.0 Å². The van der Waals surface area contributed by atoms with Gasteiger partial charge in [-0.15, -0.1) is 11.8 Å². The molecule has 5 heterocycles. The first-order chi connectivity index (χ1) is 19.3. The molecule has 0 aliphatic carbocycles. The Morgan fingerprint density at radius 2 is 2.23 bits per heavy atom. The summed E-state index contributed by atoms with van der Waals surface area (Å²) in [5, 5.41) is 20.5. The molecule has 6 N–H and O–H groups in total. The van der Waals surface area contributed by atoms with Crippen molar-refractivity contribution in [3.05, 3.63) is 41.6 Å². The van der Waals surface area contributed by atoms with Gasteiger partial charge in [-0.25, -0.2) is 4.79 Å². The van der Waals surface area contributed by atoms with Gasteiger partial charge in [-0.2, -0.15) is 19.0 Å². The molecule has 2 atom stereocenters. The Bertz CT molecular complexity index is 1530. The topological polar surface area (TPSA) is 208 Å². The molecule has 0 radical (unpaired) electrons. The lowest BCUT2D eigenvalue weighted by molar-refractivity contribution is -0.663. The van der Waals surface area contributed by atoms with E-state index in [-0.39, 0.29) is 35.5 Å². The molecule has 0 saturated carbocycles. The fraction of sp³-hybridized carbons (Fsp3) is 0.391. The van der Waals surface area contributed by atoms with E-state index in [0.717, 1.165) is 29.0 Å². The molecule has 0 aromatic carbocycles. The van der Waals surface area contributed by atoms with Gasteiger partial charge in [-0.05, 0) is 26.0 Å². The largest absolute Gasteiger partial charge is 0.477 e. The number of nitrogen functional groups attached to an aromatic ring is 1. The second-order valence-electron chi connectivity index (χ2n) is 8.85. The van der Waals surface area contributed by atoms with Crippen molar-refractivity contribution in [3.8, 4) is 0 Å². The molecule has 0 spiro atoms. The third-order valence-electron chi connectivity index (χ3n) is 6.31. The van der Waals surface area contributed by atoms with Crippen LogP contribution in [0.1, 0.15) is 19.2 Å². The maximum Gasteiger partial charge on any atom is 0.352 e. The fourth-order valence-electron chi connectivity index (χ4n) is 4.52. The number of oxime groups is 1. The zero-order valence-corrected chi connectivity index (χ0v) is 23.0. The number of aliphatic carboxylic acids is 1. The molecule has 2 aliphatic heterocycles. The maximum atomic E-state index is 13.2. The Balaban J connectivity index is 1.36. The van der Waals surface area contributed by atoms with Gasteiger partial charge in [-0.1, -0.05) is 5.16 Å². The van der Waals surface area contributed by atoms with Crippen LogP contribution in [-0.4, -0.2) is 83.0 Å². The highest BCUT2D eigenvalue weighted by Gasteiger charge is 2.55. The Morgan fingerprint density at radius 1 is 1.40 bits per heavy atom. The summed E-state index contributed by atoms with van der Waals surface area (Å²) < 4.78 is 7.77. The number of hydrogen-bond donors (Lipinski definition) is 4. The van der Waals surface area contributed by atoms with Gasteiger partial charge in [0, 0.05) is 35.5 Å². The lowest BCUT2D eigenvalue weighted by Gasteiger charge is -2.49. The van der Waals surface area contributed by atoms with Crippen molar-refractivity contribution < 1.29 is 28.9 Å². The second kappa shape index (κ2) is 11.6. The average Bonchev–Trinajstić information content (AvgIpc) is 3.56. The molecule has 3 aromatic rings. The number of carboxylic acids is 1. The van der Waals surface area contributed by atoms with Gasteiger partial charge >= 0.3 is 5.97 Å². The molecule has 210 valence electrons. The van der Waals surface area contributed by atoms with E-state index in [1.54, 1.807) is 13.1 Å². The minimum Gasteiger partial charge on any atom is -0.477 e. The summed E-state index contributed by atoms with van der Waals surface area (Å²) in [6, 6.07) is 2.85. The number of nitrogens with zero attached hydrogens (tertiary/aromatic N) is 7. The standard InChI is InChI=1S/C23H26N10O5S2/c1-2-38-29-15(18-28-23(25)40-30-18)19(34)27-16-20(35)33-17(22(36)37)12(11-39-21(16)33)10-31-7-3-5-13-14(31)9-26-32(13)8-4-6-24/h3,5,7,9,16,21H,2,4,6,8,10-11,24H2,1H3,(H3-,25,27,28,30,34,36,37)/p+1/b29-15+/t16-,21-/m1/s1. The highest BCUT2D eigenvalue weighted by Crippen LogP contribution is 2.40. The lowest BCUT2D eigenvalue weighted by Crippen LogP contribution is -2.71. The van der Waals surface area contributed by atoms with Crippen molar-refractivity contribution in [3.63, 3.8) is 0 Å². The molecular weight excluding hydrogens is 560 g/mol. The van der Waals surface area contributed by atoms with Crippen LogP contribution in [0.2, 0.25) is 0 Å². The number of hydrogen-bond acceptors (Lipinski definition) is 12. The molecule has 5 rings (SSSR count). The number of anilines is 1. The highest BCUT2D eigenvalue weighted by molar-refractivity contribution is 8.00. The average molecular weight is 588 g/mol. The smallest absolute Gasteiger partial charge is 0.352 e. The Kier molecular flexibility index (Phi) is 7.95. The predicted molar refractivity (Wildman–Crippen MR) is 146 cm³/mol. The number of amides is 2. The zero-order valence-electron chi connectivity index (χ0n) is 21.4. The summed E-state index contributed by atoms with van der Waals surface area (Å²) >= 11 is 2.26. The van der Waals surface area contributed by atoms with Gasteiger partial charge < -0.3 is 26.7 Å². The molecule has 3 aromatic heterocycles. The summed E-state index contributed by atoms with van der Waals surface area (Å²) in [4.78, 5) is 48.8. The monoisotopic (exact) mass is 587 g/mol. The van der Waals surface area contributed by atoms with Crippen molar-refractivity contribution in [1.29, 1.82) is 0 Å². The third-order valence-corrected chi connectivity index (χ3v) is 8.20. The molecule has 2 aliphatic rings. The van der Waals surface area contributed by atoms with E-state index >= 15 is 0 Å². The number of nitrogens with one attached hydrogen (secondary N) is 1. The van der Waals surface area contributed by atoms with Crippen LogP contribution in [-0.2, 0) is 32.3 Å². The quantitative estimate of drug-likeness (QED) is 0.0953. The van der Waals surface area contributed by atoms with Crippen LogP contribution < -0.4 is 21.4 Å². The minimum absolute atomic E-state index is 0.0284. The lowest BCUT2D eigenvalue weighted by atomic mass is 10.0. The number of carbonyl (C=O) groups is 3. The number of thioether (sulfide) groups is 1. The minimum atomic E-state index is -1.22. The first-order valence-electron chi connectivity index (χ1n) is 12.4. The summed E-state index contributed by atoms with van der Waals surface area (Å²) in [6.07, 6.45) is 4.36. The van der Waals surface area contributed by atoms with E-state index in [0.29, 0.717) is 24.4 Å². The van der Waals surface area contributed by atoms with E-state index in [9.17, 15) is 19.5 Å². The van der Waals surface area contributed by atoms with Crippen molar-refractivity contribution in [2.45, 2.75) is 37.8 Å². The van der Waals surface area contributed by atoms with E-state index in [1.807, 2.05) is 27.6 Å². The van der Waals surface area contributed by atoms with Gasteiger partial charge in [0.25, 0.3) is 17.3 Å². The molecule has 40 heavy (non-hydrogen) atoms. The van der Waals surface area contributed by atoms with Crippen molar-refractivity contribution in [2.75, 3.05) is 24.6 Å². The number of β-lactam (4-membered cyclic amide) rings is 1. The number of pyridine rings is 1. The summed E-state index contributed by atoms with van der Waals surface area (Å²) in [5.41, 5.74) is 13.3. The third kappa shape index (κ3) is 5.09. The first kappa shape index (κ1) is 27.5. The Hall–Kier alpha value is -4.09. The number of aryl methyl sites for hydroxylation is 1. The molecule has 15 nitrogen and oxygen atoms in total. The SMILES string of the molecule is CCO/N=C(/C(=O)N[C@@H]1C(=O)N2C(C(=O)O)=C(C[n+]3cccc4c3cnn4CCCN)CS[C@H]12)c1nsc(N)n1. The van der Waals surface area contributed by atoms with Gasteiger partial charge in [0.05, 0.1) is 0 Å². The van der Waals surface area contributed by atoms with Crippen LogP contribution in [0.15, 0.2) is 41.0 Å². The zero-order chi connectivity index (χ0) is 28.4. The molecule has 1 fully saturated rings. The van der Waals surface area contributed by atoms with Crippen LogP contribution in [0.5, 0.6) is 0 Å². The molecule has 2 amide bonds. The molecule has 17 heteroatoms. The van der Waals surface area contributed by atoms with Gasteiger partial charge in [-0.3, -0.25) is 19.2 Å². The maximum absolute atomic E-state index is 13.2. The molecule has 1 saturated heterocycles. The Labute approximate surface area is 236 Å². The fourth-order valence-corrected chi connectivity index (χ4v) is 6.29. The summed E-state index contributed by atoms with van der Waals surface area (Å²) in [5.74, 6) is -2.17. The van der Waals surface area contributed by atoms with Crippen LogP contribution in [0, 0.1) is 0 Å². The van der Waals surface area contributed by atoms with Gasteiger partial charge in [0.2, 0.25) is 11.5 Å². The van der Waals surface area contributed by atoms with Crippen LogP contribution in [0.3, 0.4) is 0 Å². The van der Waals surface area contributed by atoms with E-state index in [2.05, 4.69) is 24.9 Å². The van der Waals surface area contributed by atoms with E-state index in [1.165, 1.54) is 16.7 Å². The number of nitrogens with two attached hydrogens (primary N) is 2. The van der Waals surface area contributed by atoms with Crippen LogP contribution >= 0.6 is 23.3 Å². The van der Waals surface area contributed by atoms with Crippen molar-refractivity contribution in [1.82, 2.24) is 29.4 Å². The summed E-state index contributed by atoms with van der Waals surface area (Å²) in [6.45, 7) is 3.36. The number of carbonyl (C=O) groups excluding carboxylic acids is 2. The van der Waals surface area contributed by atoms with E-state index < -0.39 is 29.2 Å². The second-order valence-corrected chi connectivity index (χ2v) is 10.7. The summed E-state index contributed by atoms with van der Waals surface area (Å²) in [7, 11) is 0. The number of rotatable bonds is 11. The van der Waals surface area contributed by atoms with Gasteiger partial charge in [0.15, 0.2) is 17.9 Å². The van der Waals surface area contributed by atoms with Crippen LogP contribution in [0.4, 0.5) is 5.13 Å². The van der Waals surface area contributed by atoms with E-state index in [4.69, 9.17) is 16.3 Å². The first-order valence-corrected chi connectivity index (χ1v) is 14.2. The molecule has 0 bridgehead atoms. The van der Waals surface area contributed by atoms with Gasteiger partial charge in [0.1, 0.15) is 35.4 Å². The molecular formula is C23H27N10O5S2+. The van der Waals surface area contributed by atoms with Crippen molar-refractivity contribution in [2.24, 2.45) is 10.9 Å². The number of fused-ring (bicyclic) bond motifs is 2. The number of carboxylic acid groups (broad SMARTS) is 1. The van der Waals surface area contributed by atoms with Crippen molar-refractivity contribution >= 4 is 63.0 Å². The normalized spacial score (nSPS) is 19.0. The predicted octanol–water partition coefficient (Wildman–Crippen LogP) is -0.714. The molecule has 0 unspecified atom stereocenters. The Morgan fingerprint density at radius 3 is 2.92 bits per heavy atom.